The Hall–Kier alpha value is -0.0800. The SMILES string of the molecule is CC1CC(C)(C)CC(CO)(NC2CCCC2)C1. The summed E-state index contributed by atoms with van der Waals surface area (Å²) < 4.78 is 0. The topological polar surface area (TPSA) is 32.3 Å². The van der Waals surface area contributed by atoms with E-state index in [1.165, 1.54) is 32.1 Å². The van der Waals surface area contributed by atoms with Gasteiger partial charge < -0.3 is 10.4 Å². The molecule has 0 amide bonds. The van der Waals surface area contributed by atoms with Crippen molar-refractivity contribution in [2.75, 3.05) is 6.61 Å². The highest BCUT2D eigenvalue weighted by Gasteiger charge is 2.43. The van der Waals surface area contributed by atoms with Gasteiger partial charge in [-0.1, -0.05) is 33.6 Å². The molecule has 0 aromatic carbocycles. The van der Waals surface area contributed by atoms with Crippen LogP contribution in [0.4, 0.5) is 0 Å². The summed E-state index contributed by atoms with van der Waals surface area (Å²) in [5.74, 6) is 0.722. The average molecular weight is 239 g/mol. The first-order chi connectivity index (χ1) is 7.95. The highest BCUT2D eigenvalue weighted by Crippen LogP contribution is 2.44. The van der Waals surface area contributed by atoms with E-state index in [2.05, 4.69) is 26.1 Å². The molecule has 17 heavy (non-hydrogen) atoms. The quantitative estimate of drug-likeness (QED) is 0.793. The average Bonchev–Trinajstić information content (AvgIpc) is 2.67. The van der Waals surface area contributed by atoms with Gasteiger partial charge in [0.05, 0.1) is 6.61 Å². The number of aliphatic hydroxyl groups is 1. The lowest BCUT2D eigenvalue weighted by molar-refractivity contribution is 0.0290. The van der Waals surface area contributed by atoms with Crippen molar-refractivity contribution in [3.8, 4) is 0 Å². The van der Waals surface area contributed by atoms with E-state index in [1.807, 2.05) is 0 Å². The minimum absolute atomic E-state index is 0.00380. The van der Waals surface area contributed by atoms with Crippen LogP contribution in [-0.2, 0) is 0 Å². The van der Waals surface area contributed by atoms with Gasteiger partial charge in [-0.25, -0.2) is 0 Å². The minimum atomic E-state index is -0.00380. The molecule has 2 rings (SSSR count). The number of aliphatic hydroxyl groups excluding tert-OH is 1. The molecule has 2 fully saturated rings. The maximum absolute atomic E-state index is 9.89. The third-order valence-corrected chi connectivity index (χ3v) is 4.63. The maximum Gasteiger partial charge on any atom is 0.0613 e. The van der Waals surface area contributed by atoms with Crippen LogP contribution in [0.3, 0.4) is 0 Å². The second-order valence-electron chi connectivity index (χ2n) is 7.42. The van der Waals surface area contributed by atoms with Crippen molar-refractivity contribution >= 4 is 0 Å². The van der Waals surface area contributed by atoms with Gasteiger partial charge in [0.25, 0.3) is 0 Å². The number of nitrogens with one attached hydrogen (secondary N) is 1. The van der Waals surface area contributed by atoms with Gasteiger partial charge in [0.15, 0.2) is 0 Å². The van der Waals surface area contributed by atoms with Crippen molar-refractivity contribution in [2.24, 2.45) is 11.3 Å². The van der Waals surface area contributed by atoms with Crippen LogP contribution in [0.15, 0.2) is 0 Å². The lowest BCUT2D eigenvalue weighted by Crippen LogP contribution is -2.57. The summed E-state index contributed by atoms with van der Waals surface area (Å²) in [7, 11) is 0. The van der Waals surface area contributed by atoms with Crippen LogP contribution in [0.5, 0.6) is 0 Å². The fourth-order valence-electron chi connectivity index (χ4n) is 4.52. The van der Waals surface area contributed by atoms with E-state index in [0.717, 1.165) is 18.8 Å². The Balaban J connectivity index is 2.06. The molecular formula is C15H29NO. The van der Waals surface area contributed by atoms with Crippen molar-refractivity contribution in [3.63, 3.8) is 0 Å². The first-order valence-corrected chi connectivity index (χ1v) is 7.33. The number of rotatable bonds is 3. The summed E-state index contributed by atoms with van der Waals surface area (Å²) in [4.78, 5) is 0. The van der Waals surface area contributed by atoms with Gasteiger partial charge in [0.2, 0.25) is 0 Å². The predicted octanol–water partition coefficient (Wildman–Crippen LogP) is 3.10. The Morgan fingerprint density at radius 3 is 2.35 bits per heavy atom. The van der Waals surface area contributed by atoms with Crippen LogP contribution in [-0.4, -0.2) is 23.3 Å². The number of hydrogen-bond acceptors (Lipinski definition) is 2. The standard InChI is InChI=1S/C15H29NO/c1-12-8-14(2,3)10-15(9-12,11-17)16-13-6-4-5-7-13/h12-13,16-17H,4-11H2,1-3H3. The lowest BCUT2D eigenvalue weighted by Gasteiger charge is -2.48. The summed E-state index contributed by atoms with van der Waals surface area (Å²) in [6, 6.07) is 0.656. The molecule has 2 aliphatic rings. The second kappa shape index (κ2) is 4.89. The van der Waals surface area contributed by atoms with E-state index < -0.39 is 0 Å². The van der Waals surface area contributed by atoms with E-state index >= 15 is 0 Å². The zero-order chi connectivity index (χ0) is 12.5. The molecule has 0 aliphatic heterocycles. The Labute approximate surface area is 106 Å². The molecule has 2 atom stereocenters. The normalized spacial score (nSPS) is 38.5. The van der Waals surface area contributed by atoms with E-state index in [1.54, 1.807) is 0 Å². The minimum Gasteiger partial charge on any atom is -0.394 e. The van der Waals surface area contributed by atoms with E-state index in [9.17, 15) is 5.11 Å². The Kier molecular flexibility index (Phi) is 3.84. The summed E-state index contributed by atoms with van der Waals surface area (Å²) in [6.07, 6.45) is 8.88. The molecule has 2 heteroatoms. The summed E-state index contributed by atoms with van der Waals surface area (Å²) >= 11 is 0. The Morgan fingerprint density at radius 1 is 1.18 bits per heavy atom. The molecule has 2 nitrogen and oxygen atoms in total. The molecule has 2 saturated carbocycles. The van der Waals surface area contributed by atoms with E-state index in [-0.39, 0.29) is 5.54 Å². The Bertz CT molecular complexity index is 258. The third-order valence-electron chi connectivity index (χ3n) is 4.63. The van der Waals surface area contributed by atoms with Gasteiger partial charge >= 0.3 is 0 Å². The van der Waals surface area contributed by atoms with E-state index in [4.69, 9.17) is 0 Å². The van der Waals surface area contributed by atoms with Crippen LogP contribution in [0.2, 0.25) is 0 Å². The van der Waals surface area contributed by atoms with Crippen LogP contribution in [0.1, 0.15) is 65.7 Å². The van der Waals surface area contributed by atoms with Crippen molar-refractivity contribution in [2.45, 2.75) is 77.3 Å². The van der Waals surface area contributed by atoms with Crippen molar-refractivity contribution in [1.29, 1.82) is 0 Å². The molecule has 100 valence electrons. The fourth-order valence-corrected chi connectivity index (χ4v) is 4.52. The molecule has 0 bridgehead atoms. The van der Waals surface area contributed by atoms with Crippen molar-refractivity contribution in [1.82, 2.24) is 5.32 Å². The maximum atomic E-state index is 9.89. The zero-order valence-electron chi connectivity index (χ0n) is 11.8. The van der Waals surface area contributed by atoms with Gasteiger partial charge in [-0.05, 0) is 43.4 Å². The van der Waals surface area contributed by atoms with Crippen LogP contribution >= 0.6 is 0 Å². The molecular weight excluding hydrogens is 210 g/mol. The smallest absolute Gasteiger partial charge is 0.0613 e. The van der Waals surface area contributed by atoms with Crippen LogP contribution in [0, 0.1) is 11.3 Å². The highest BCUT2D eigenvalue weighted by atomic mass is 16.3. The van der Waals surface area contributed by atoms with Crippen molar-refractivity contribution in [3.05, 3.63) is 0 Å². The summed E-state index contributed by atoms with van der Waals surface area (Å²) in [5.41, 5.74) is 0.363. The first kappa shape index (κ1) is 13.4. The largest absolute Gasteiger partial charge is 0.394 e. The zero-order valence-corrected chi connectivity index (χ0v) is 11.8. The molecule has 2 unspecified atom stereocenters. The second-order valence-corrected chi connectivity index (χ2v) is 7.42. The summed E-state index contributed by atoms with van der Waals surface area (Å²) in [5, 5.41) is 13.7. The van der Waals surface area contributed by atoms with Gasteiger partial charge in [0, 0.05) is 11.6 Å². The fraction of sp³-hybridized carbons (Fsp3) is 1.00. The third kappa shape index (κ3) is 3.23. The molecule has 0 spiro atoms. The van der Waals surface area contributed by atoms with Gasteiger partial charge in [-0.2, -0.15) is 0 Å². The molecule has 0 heterocycles. The van der Waals surface area contributed by atoms with Gasteiger partial charge in [-0.3, -0.25) is 0 Å². The number of hydrogen-bond donors (Lipinski definition) is 2. The van der Waals surface area contributed by atoms with Gasteiger partial charge in [-0.15, -0.1) is 0 Å². The molecule has 2 N–H and O–H groups in total. The predicted molar refractivity (Wildman–Crippen MR) is 72.0 cm³/mol. The summed E-state index contributed by atoms with van der Waals surface area (Å²) in [6.45, 7) is 7.34. The molecule has 0 aromatic rings. The molecule has 0 radical (unpaired) electrons. The monoisotopic (exact) mass is 239 g/mol. The van der Waals surface area contributed by atoms with Crippen LogP contribution < -0.4 is 5.32 Å². The van der Waals surface area contributed by atoms with E-state index in [0.29, 0.717) is 18.1 Å². The highest BCUT2D eigenvalue weighted by molar-refractivity contribution is 5.00. The van der Waals surface area contributed by atoms with Gasteiger partial charge in [0.1, 0.15) is 0 Å². The molecule has 0 aromatic heterocycles. The Morgan fingerprint density at radius 2 is 1.82 bits per heavy atom. The van der Waals surface area contributed by atoms with Crippen LogP contribution in [0.25, 0.3) is 0 Å². The molecule has 2 aliphatic carbocycles. The molecule has 0 saturated heterocycles. The lowest BCUT2D eigenvalue weighted by atomic mass is 9.64. The first-order valence-electron chi connectivity index (χ1n) is 7.33. The van der Waals surface area contributed by atoms with Crippen molar-refractivity contribution < 1.29 is 5.11 Å².